The summed E-state index contributed by atoms with van der Waals surface area (Å²) in [5.74, 6) is 1.39. The lowest BCUT2D eigenvalue weighted by Crippen LogP contribution is -2.18. The number of alkyl halides is 1. The second kappa shape index (κ2) is 5.11. The Morgan fingerprint density at radius 2 is 2.06 bits per heavy atom. The van der Waals surface area contributed by atoms with Crippen molar-refractivity contribution in [2.24, 2.45) is 5.92 Å². The average molecular weight is 262 g/mol. The minimum Gasteiger partial charge on any atom is -0.368 e. The van der Waals surface area contributed by atoms with Gasteiger partial charge in [0.25, 0.3) is 0 Å². The summed E-state index contributed by atoms with van der Waals surface area (Å²) in [5.41, 5.74) is 1.86. The van der Waals surface area contributed by atoms with Crippen LogP contribution in [0.5, 0.6) is 0 Å². The first kappa shape index (κ1) is 11.7. The molecule has 2 aromatic rings. The number of nitrogens with zero attached hydrogens (tertiary/aromatic N) is 2. The summed E-state index contributed by atoms with van der Waals surface area (Å²) in [6, 6.07) is 7.90. The van der Waals surface area contributed by atoms with Gasteiger partial charge in [0.05, 0.1) is 17.2 Å². The molecule has 0 radical (unpaired) electrons. The van der Waals surface area contributed by atoms with Crippen LogP contribution in [0, 0.1) is 5.92 Å². The third-order valence-corrected chi connectivity index (χ3v) is 4.13. The summed E-state index contributed by atoms with van der Waals surface area (Å²) in [5, 5.41) is 3.66. The number of benzene rings is 1. The van der Waals surface area contributed by atoms with E-state index in [1.165, 1.54) is 12.8 Å². The number of aromatic nitrogens is 2. The molecule has 0 bridgehead atoms. The van der Waals surface area contributed by atoms with Gasteiger partial charge in [0.1, 0.15) is 5.82 Å². The van der Waals surface area contributed by atoms with Crippen LogP contribution >= 0.6 is 11.6 Å². The van der Waals surface area contributed by atoms with Crippen molar-refractivity contribution in [3.63, 3.8) is 0 Å². The van der Waals surface area contributed by atoms with Gasteiger partial charge in [-0.25, -0.2) is 4.98 Å². The highest BCUT2D eigenvalue weighted by molar-refractivity contribution is 6.21. The first-order valence-corrected chi connectivity index (χ1v) is 6.86. The molecule has 4 heteroatoms. The van der Waals surface area contributed by atoms with Crippen LogP contribution in [0.3, 0.4) is 0 Å². The van der Waals surface area contributed by atoms with Crippen LogP contribution in [0.2, 0.25) is 0 Å². The lowest BCUT2D eigenvalue weighted by molar-refractivity contribution is 0.585. The quantitative estimate of drug-likeness (QED) is 0.860. The SMILES string of the molecule is ClC1CCCC1CNc1cnc2ccccc2n1. The second-order valence-corrected chi connectivity index (χ2v) is 5.39. The second-order valence-electron chi connectivity index (χ2n) is 4.83. The Balaban J connectivity index is 1.71. The van der Waals surface area contributed by atoms with E-state index < -0.39 is 0 Å². The van der Waals surface area contributed by atoms with Crippen molar-refractivity contribution in [2.45, 2.75) is 24.6 Å². The van der Waals surface area contributed by atoms with Gasteiger partial charge in [-0.2, -0.15) is 0 Å². The van der Waals surface area contributed by atoms with Crippen molar-refractivity contribution in [2.75, 3.05) is 11.9 Å². The number of anilines is 1. The van der Waals surface area contributed by atoms with E-state index in [0.29, 0.717) is 11.3 Å². The summed E-state index contributed by atoms with van der Waals surface area (Å²) in [4.78, 5) is 8.93. The number of halogens is 1. The van der Waals surface area contributed by atoms with Crippen molar-refractivity contribution >= 4 is 28.5 Å². The van der Waals surface area contributed by atoms with E-state index in [4.69, 9.17) is 11.6 Å². The standard InChI is InChI=1S/C14H16ClN3/c15-11-5-3-4-10(11)8-17-14-9-16-12-6-1-2-7-13(12)18-14/h1-2,6-7,9-11H,3-5,8H2,(H,17,18). The van der Waals surface area contributed by atoms with Crippen LogP contribution in [0.25, 0.3) is 11.0 Å². The number of hydrogen-bond donors (Lipinski definition) is 1. The van der Waals surface area contributed by atoms with Gasteiger partial charge < -0.3 is 5.32 Å². The average Bonchev–Trinajstić information content (AvgIpc) is 2.82. The minimum atomic E-state index is 0.311. The molecule has 2 atom stereocenters. The maximum Gasteiger partial charge on any atom is 0.145 e. The molecule has 1 aromatic carbocycles. The van der Waals surface area contributed by atoms with E-state index >= 15 is 0 Å². The van der Waals surface area contributed by atoms with Crippen LogP contribution in [0.4, 0.5) is 5.82 Å². The van der Waals surface area contributed by atoms with Crippen LogP contribution in [-0.2, 0) is 0 Å². The normalized spacial score (nSPS) is 23.4. The maximum atomic E-state index is 6.26. The van der Waals surface area contributed by atoms with Gasteiger partial charge in [-0.05, 0) is 30.9 Å². The van der Waals surface area contributed by atoms with Crippen molar-refractivity contribution in [1.82, 2.24) is 9.97 Å². The Morgan fingerprint density at radius 1 is 1.22 bits per heavy atom. The molecule has 0 saturated heterocycles. The van der Waals surface area contributed by atoms with Crippen LogP contribution in [0.1, 0.15) is 19.3 Å². The van der Waals surface area contributed by atoms with E-state index in [0.717, 1.165) is 29.8 Å². The summed E-state index contributed by atoms with van der Waals surface area (Å²) in [6.45, 7) is 0.890. The van der Waals surface area contributed by atoms with Gasteiger partial charge in [0.2, 0.25) is 0 Å². The van der Waals surface area contributed by atoms with E-state index in [-0.39, 0.29) is 0 Å². The fourth-order valence-electron chi connectivity index (χ4n) is 2.50. The molecule has 2 unspecified atom stereocenters. The van der Waals surface area contributed by atoms with Crippen molar-refractivity contribution < 1.29 is 0 Å². The molecule has 1 heterocycles. The van der Waals surface area contributed by atoms with E-state index in [2.05, 4.69) is 15.3 Å². The molecule has 1 fully saturated rings. The summed E-state index contributed by atoms with van der Waals surface area (Å²) >= 11 is 6.26. The van der Waals surface area contributed by atoms with Gasteiger partial charge in [0, 0.05) is 11.9 Å². The molecule has 1 N–H and O–H groups in total. The fourth-order valence-corrected chi connectivity index (χ4v) is 2.87. The number of para-hydroxylation sites is 2. The molecule has 0 aliphatic heterocycles. The first-order valence-electron chi connectivity index (χ1n) is 6.42. The molecular weight excluding hydrogens is 246 g/mol. The predicted octanol–water partition coefficient (Wildman–Crippen LogP) is 3.45. The van der Waals surface area contributed by atoms with Gasteiger partial charge in [-0.3, -0.25) is 4.98 Å². The Kier molecular flexibility index (Phi) is 3.33. The Morgan fingerprint density at radius 3 is 2.83 bits per heavy atom. The zero-order valence-electron chi connectivity index (χ0n) is 10.1. The van der Waals surface area contributed by atoms with Gasteiger partial charge in [-0.15, -0.1) is 11.6 Å². The van der Waals surface area contributed by atoms with Gasteiger partial charge >= 0.3 is 0 Å². The Hall–Kier alpha value is -1.35. The lowest BCUT2D eigenvalue weighted by Gasteiger charge is -2.14. The van der Waals surface area contributed by atoms with E-state index in [1.54, 1.807) is 6.20 Å². The summed E-state index contributed by atoms with van der Waals surface area (Å²) in [6.07, 6.45) is 5.38. The Bertz CT molecular complexity index is 543. The first-order chi connectivity index (χ1) is 8.83. The summed E-state index contributed by atoms with van der Waals surface area (Å²) in [7, 11) is 0. The topological polar surface area (TPSA) is 37.8 Å². The van der Waals surface area contributed by atoms with Crippen molar-refractivity contribution in [1.29, 1.82) is 0 Å². The van der Waals surface area contributed by atoms with Gasteiger partial charge in [0.15, 0.2) is 0 Å². The van der Waals surface area contributed by atoms with Crippen LogP contribution < -0.4 is 5.32 Å². The van der Waals surface area contributed by atoms with Crippen molar-refractivity contribution in [3.05, 3.63) is 30.5 Å². The van der Waals surface area contributed by atoms with Crippen LogP contribution in [-0.4, -0.2) is 21.9 Å². The number of nitrogens with one attached hydrogen (secondary N) is 1. The molecule has 18 heavy (non-hydrogen) atoms. The number of fused-ring (bicyclic) bond motifs is 1. The van der Waals surface area contributed by atoms with E-state index in [1.807, 2.05) is 24.3 Å². The summed E-state index contributed by atoms with van der Waals surface area (Å²) < 4.78 is 0. The highest BCUT2D eigenvalue weighted by atomic mass is 35.5. The molecule has 1 aliphatic rings. The highest BCUT2D eigenvalue weighted by Gasteiger charge is 2.24. The van der Waals surface area contributed by atoms with Crippen LogP contribution in [0.15, 0.2) is 30.5 Å². The maximum absolute atomic E-state index is 6.26. The number of rotatable bonds is 3. The molecule has 1 aliphatic carbocycles. The molecule has 0 amide bonds. The molecule has 1 saturated carbocycles. The molecule has 1 aromatic heterocycles. The molecular formula is C14H16ClN3. The minimum absolute atomic E-state index is 0.311. The van der Waals surface area contributed by atoms with Gasteiger partial charge in [-0.1, -0.05) is 18.6 Å². The molecule has 3 nitrogen and oxygen atoms in total. The van der Waals surface area contributed by atoms with E-state index in [9.17, 15) is 0 Å². The predicted molar refractivity (Wildman–Crippen MR) is 75.0 cm³/mol. The largest absolute Gasteiger partial charge is 0.368 e. The fraction of sp³-hybridized carbons (Fsp3) is 0.429. The molecule has 94 valence electrons. The van der Waals surface area contributed by atoms with Crippen molar-refractivity contribution in [3.8, 4) is 0 Å². The Labute approximate surface area is 112 Å². The highest BCUT2D eigenvalue weighted by Crippen LogP contribution is 2.30. The lowest BCUT2D eigenvalue weighted by atomic mass is 10.1. The third-order valence-electron chi connectivity index (χ3n) is 3.56. The molecule has 3 rings (SSSR count). The third kappa shape index (κ3) is 2.41. The number of hydrogen-bond acceptors (Lipinski definition) is 3. The zero-order valence-corrected chi connectivity index (χ0v) is 10.9. The monoisotopic (exact) mass is 261 g/mol. The molecule has 0 spiro atoms. The smallest absolute Gasteiger partial charge is 0.145 e. The zero-order chi connectivity index (χ0) is 12.4.